The molecule has 4 rings (SSSR count). The lowest BCUT2D eigenvalue weighted by molar-refractivity contribution is -0.155. The number of rotatable bonds is 4. The van der Waals surface area contributed by atoms with Gasteiger partial charge in [0.05, 0.1) is 12.1 Å². The van der Waals surface area contributed by atoms with Crippen molar-refractivity contribution in [2.24, 2.45) is 17.8 Å². The van der Waals surface area contributed by atoms with E-state index in [1.807, 2.05) is 6.07 Å². The number of halogens is 1. The third kappa shape index (κ3) is 3.00. The number of esters is 1. The Morgan fingerprint density at radius 2 is 1.88 bits per heavy atom. The number of hydrogen-bond acceptors (Lipinski definition) is 4. The molecule has 0 amide bonds. The van der Waals surface area contributed by atoms with Crippen LogP contribution in [0.1, 0.15) is 44.1 Å². The van der Waals surface area contributed by atoms with Gasteiger partial charge in [0.2, 0.25) is 5.78 Å². The Hall–Kier alpha value is -2.30. The van der Waals surface area contributed by atoms with Crippen molar-refractivity contribution in [3.63, 3.8) is 0 Å². The predicted octanol–water partition coefficient (Wildman–Crippen LogP) is 4.03. The van der Waals surface area contributed by atoms with Crippen LogP contribution in [0.25, 0.3) is 10.9 Å². The van der Waals surface area contributed by atoms with Crippen LogP contribution in [0, 0.1) is 23.6 Å². The van der Waals surface area contributed by atoms with Crippen LogP contribution in [0.2, 0.25) is 0 Å². The van der Waals surface area contributed by atoms with Gasteiger partial charge in [-0.1, -0.05) is 0 Å². The van der Waals surface area contributed by atoms with E-state index in [9.17, 15) is 14.0 Å². The molecule has 26 heavy (non-hydrogen) atoms. The summed E-state index contributed by atoms with van der Waals surface area (Å²) in [6.07, 6.45) is 5.27. The van der Waals surface area contributed by atoms with Gasteiger partial charge in [-0.3, -0.25) is 9.78 Å². The van der Waals surface area contributed by atoms with Gasteiger partial charge in [0, 0.05) is 17.5 Å². The van der Waals surface area contributed by atoms with Crippen molar-refractivity contribution >= 4 is 22.7 Å². The lowest BCUT2D eigenvalue weighted by Gasteiger charge is -2.16. The first kappa shape index (κ1) is 17.1. The number of aromatic nitrogens is 1. The number of ketones is 1. The molecule has 4 atom stereocenters. The van der Waals surface area contributed by atoms with Gasteiger partial charge < -0.3 is 4.74 Å². The molecule has 136 valence electrons. The average Bonchev–Trinajstić information content (AvgIpc) is 3.19. The van der Waals surface area contributed by atoms with Crippen LogP contribution < -0.4 is 0 Å². The Kier molecular flexibility index (Phi) is 4.47. The second-order valence-electron chi connectivity index (χ2n) is 7.50. The Morgan fingerprint density at radius 3 is 2.58 bits per heavy atom. The third-order valence-corrected chi connectivity index (χ3v) is 6.04. The molecule has 1 aromatic heterocycles. The molecule has 5 heteroatoms. The van der Waals surface area contributed by atoms with E-state index in [-0.39, 0.29) is 24.1 Å². The number of ether oxygens (including phenoxy) is 1. The number of hydrogen-bond donors (Lipinski definition) is 0. The first-order valence-electron chi connectivity index (χ1n) is 9.32. The summed E-state index contributed by atoms with van der Waals surface area (Å²) in [4.78, 5) is 28.2. The second kappa shape index (κ2) is 6.78. The molecule has 0 radical (unpaired) electrons. The normalized spacial score (nSPS) is 27.5. The van der Waals surface area contributed by atoms with E-state index in [0.29, 0.717) is 17.8 Å². The predicted molar refractivity (Wildman–Crippen MR) is 95.0 cm³/mol. The highest BCUT2D eigenvalue weighted by atomic mass is 19.1. The molecule has 0 spiro atoms. The summed E-state index contributed by atoms with van der Waals surface area (Å²) in [5.74, 6) is -0.253. The van der Waals surface area contributed by atoms with Gasteiger partial charge in [0.1, 0.15) is 5.82 Å². The average molecular weight is 355 g/mol. The largest absolute Gasteiger partial charge is 0.460 e. The number of nitrogens with zero attached hydrogens (tertiary/aromatic N) is 1. The van der Waals surface area contributed by atoms with Crippen molar-refractivity contribution in [1.29, 1.82) is 0 Å². The Balaban J connectivity index is 1.50. The topological polar surface area (TPSA) is 56.3 Å². The number of Topliss-reactive ketones (excluding diaryl/α,β-unsaturated/α-hetero) is 1. The van der Waals surface area contributed by atoms with Crippen LogP contribution in [0.4, 0.5) is 4.39 Å². The van der Waals surface area contributed by atoms with Gasteiger partial charge in [-0.25, -0.2) is 9.18 Å². The number of carbonyl (C=O) groups is 2. The lowest BCUT2D eigenvalue weighted by Crippen LogP contribution is -2.24. The highest BCUT2D eigenvalue weighted by molar-refractivity contribution is 6.34. The van der Waals surface area contributed by atoms with Crippen LogP contribution in [0.15, 0.2) is 30.5 Å². The van der Waals surface area contributed by atoms with E-state index in [0.717, 1.165) is 42.1 Å². The third-order valence-electron chi connectivity index (χ3n) is 6.04. The van der Waals surface area contributed by atoms with E-state index >= 15 is 0 Å². The van der Waals surface area contributed by atoms with Crippen molar-refractivity contribution < 1.29 is 18.7 Å². The molecule has 3 unspecified atom stereocenters. The van der Waals surface area contributed by atoms with Gasteiger partial charge in [-0.2, -0.15) is 0 Å². The minimum atomic E-state index is -0.690. The molecule has 0 N–H and O–H groups in total. The van der Waals surface area contributed by atoms with Gasteiger partial charge in [-0.15, -0.1) is 0 Å². The fourth-order valence-corrected chi connectivity index (χ4v) is 4.95. The molecular formula is C21H22FNO3. The van der Waals surface area contributed by atoms with Crippen LogP contribution in [0.3, 0.4) is 0 Å². The van der Waals surface area contributed by atoms with Gasteiger partial charge in [0.25, 0.3) is 0 Å². The van der Waals surface area contributed by atoms with E-state index in [1.54, 1.807) is 25.3 Å². The van der Waals surface area contributed by atoms with Crippen molar-refractivity contribution in [3.05, 3.63) is 41.8 Å². The Bertz CT molecular complexity index is 851. The summed E-state index contributed by atoms with van der Waals surface area (Å²) in [6, 6.07) is 6.72. The summed E-state index contributed by atoms with van der Waals surface area (Å²) in [5, 5.41) is 0.886. The van der Waals surface area contributed by atoms with Crippen molar-refractivity contribution in [3.8, 4) is 0 Å². The molecule has 2 aliphatic rings. The minimum Gasteiger partial charge on any atom is -0.460 e. The first-order valence-corrected chi connectivity index (χ1v) is 9.32. The number of fused-ring (bicyclic) bond motifs is 2. The van der Waals surface area contributed by atoms with Crippen molar-refractivity contribution in [2.75, 3.05) is 6.61 Å². The zero-order valence-electron chi connectivity index (χ0n) is 14.8. The van der Waals surface area contributed by atoms with Crippen molar-refractivity contribution in [1.82, 2.24) is 4.98 Å². The summed E-state index contributed by atoms with van der Waals surface area (Å²) >= 11 is 0. The maximum absolute atomic E-state index is 13.7. The fraction of sp³-hybridized carbons (Fsp3) is 0.476. The molecule has 2 aliphatic carbocycles. The summed E-state index contributed by atoms with van der Waals surface area (Å²) in [5.41, 5.74) is 1.97. The van der Waals surface area contributed by atoms with E-state index in [1.165, 1.54) is 6.07 Å². The molecule has 2 saturated carbocycles. The van der Waals surface area contributed by atoms with Gasteiger partial charge in [-0.05, 0) is 80.2 Å². The number of benzene rings is 1. The lowest BCUT2D eigenvalue weighted by atomic mass is 9.89. The van der Waals surface area contributed by atoms with Gasteiger partial charge in [0.15, 0.2) is 0 Å². The molecule has 4 nitrogen and oxygen atoms in total. The molecule has 0 bridgehead atoms. The smallest absolute Gasteiger partial charge is 0.374 e. The maximum Gasteiger partial charge on any atom is 0.374 e. The zero-order chi connectivity index (χ0) is 18.3. The SMILES string of the molecule is CCOC(=O)C(=O)C1CC2CC(c3ccnc4ccc(F)cc34)C[C@@H]2C1. The molecule has 1 aromatic carbocycles. The monoisotopic (exact) mass is 355 g/mol. The Labute approximate surface area is 151 Å². The molecule has 1 heterocycles. The summed E-state index contributed by atoms with van der Waals surface area (Å²) < 4.78 is 18.6. The van der Waals surface area contributed by atoms with Crippen LogP contribution >= 0.6 is 0 Å². The van der Waals surface area contributed by atoms with E-state index in [4.69, 9.17) is 4.74 Å². The minimum absolute atomic E-state index is 0.198. The van der Waals surface area contributed by atoms with E-state index < -0.39 is 5.97 Å². The molecule has 0 saturated heterocycles. The standard InChI is InChI=1S/C21H22FNO3/c1-2-26-21(25)20(24)15-9-12-7-14(8-13(12)10-15)17-5-6-23-19-4-3-16(22)11-18(17)19/h3-6,11-15H,2,7-10H2,1H3/t12-,13?,14?,15?/m1/s1. The Morgan fingerprint density at radius 1 is 1.15 bits per heavy atom. The molecule has 2 aromatic rings. The summed E-state index contributed by atoms with van der Waals surface area (Å²) in [6.45, 7) is 1.94. The highest BCUT2D eigenvalue weighted by Gasteiger charge is 2.45. The molecule has 0 aliphatic heterocycles. The fourth-order valence-electron chi connectivity index (χ4n) is 4.95. The van der Waals surface area contributed by atoms with Crippen LogP contribution in [0.5, 0.6) is 0 Å². The second-order valence-corrected chi connectivity index (χ2v) is 7.50. The highest BCUT2D eigenvalue weighted by Crippen LogP contribution is 2.53. The quantitative estimate of drug-likeness (QED) is 0.614. The number of carbonyl (C=O) groups excluding carboxylic acids is 2. The molecular weight excluding hydrogens is 333 g/mol. The molecule has 2 fully saturated rings. The number of pyridine rings is 1. The van der Waals surface area contributed by atoms with Gasteiger partial charge >= 0.3 is 5.97 Å². The van der Waals surface area contributed by atoms with Crippen molar-refractivity contribution in [2.45, 2.75) is 38.5 Å². The zero-order valence-corrected chi connectivity index (χ0v) is 14.8. The first-order chi connectivity index (χ1) is 12.6. The maximum atomic E-state index is 13.7. The summed E-state index contributed by atoms with van der Waals surface area (Å²) in [7, 11) is 0. The van der Waals surface area contributed by atoms with Crippen LogP contribution in [-0.2, 0) is 14.3 Å². The van der Waals surface area contributed by atoms with E-state index in [2.05, 4.69) is 4.98 Å². The van der Waals surface area contributed by atoms with Crippen LogP contribution in [-0.4, -0.2) is 23.3 Å².